The molecular formula is C14H18F3N3O. The van der Waals surface area contributed by atoms with E-state index in [9.17, 15) is 18.0 Å². The molecule has 1 aliphatic heterocycles. The lowest BCUT2D eigenvalue weighted by atomic mass is 10.0. The summed E-state index contributed by atoms with van der Waals surface area (Å²) in [4.78, 5) is 12.9. The Labute approximate surface area is 121 Å². The standard InChI is InChI=1S/C14H18F3N3O/c1-9(21)19-10-4-6-20(7-5-10)11-2-3-13(18)12(8-11)14(15,16)17/h2-3,8,10H,4-7,18H2,1H3,(H,19,21). The molecule has 1 aromatic carbocycles. The van der Waals surface area contributed by atoms with Gasteiger partial charge in [0.15, 0.2) is 0 Å². The van der Waals surface area contributed by atoms with Gasteiger partial charge in [-0.05, 0) is 31.0 Å². The summed E-state index contributed by atoms with van der Waals surface area (Å²) >= 11 is 0. The van der Waals surface area contributed by atoms with Crippen LogP contribution in [0, 0.1) is 0 Å². The first-order chi connectivity index (χ1) is 9.77. The molecule has 0 radical (unpaired) electrons. The number of hydrogen-bond donors (Lipinski definition) is 2. The van der Waals surface area contributed by atoms with E-state index in [1.165, 1.54) is 13.0 Å². The van der Waals surface area contributed by atoms with Crippen LogP contribution in [0.2, 0.25) is 0 Å². The van der Waals surface area contributed by atoms with Gasteiger partial charge in [0.25, 0.3) is 0 Å². The average Bonchev–Trinajstić information content (AvgIpc) is 2.38. The van der Waals surface area contributed by atoms with Gasteiger partial charge in [-0.3, -0.25) is 4.79 Å². The van der Waals surface area contributed by atoms with Crippen LogP contribution < -0.4 is 16.0 Å². The summed E-state index contributed by atoms with van der Waals surface area (Å²) in [6.45, 7) is 2.67. The molecule has 0 spiro atoms. The van der Waals surface area contributed by atoms with E-state index in [0.717, 1.165) is 6.07 Å². The van der Waals surface area contributed by atoms with Gasteiger partial charge in [0.1, 0.15) is 0 Å². The van der Waals surface area contributed by atoms with Gasteiger partial charge in [0.2, 0.25) is 5.91 Å². The second-order valence-electron chi connectivity index (χ2n) is 5.23. The minimum absolute atomic E-state index is 0.0831. The van der Waals surface area contributed by atoms with Crippen LogP contribution in [0.15, 0.2) is 18.2 Å². The molecule has 2 rings (SSSR count). The summed E-state index contributed by atoms with van der Waals surface area (Å²) in [5.74, 6) is -0.0831. The second kappa shape index (κ2) is 5.83. The highest BCUT2D eigenvalue weighted by Gasteiger charge is 2.33. The zero-order valence-electron chi connectivity index (χ0n) is 11.7. The molecule has 1 saturated heterocycles. The molecule has 1 fully saturated rings. The maximum Gasteiger partial charge on any atom is 0.418 e. The Balaban J connectivity index is 2.09. The molecule has 21 heavy (non-hydrogen) atoms. The van der Waals surface area contributed by atoms with Crippen molar-refractivity contribution in [1.29, 1.82) is 0 Å². The molecular weight excluding hydrogens is 283 g/mol. The van der Waals surface area contributed by atoms with E-state index < -0.39 is 11.7 Å². The van der Waals surface area contributed by atoms with Crippen molar-refractivity contribution in [3.8, 4) is 0 Å². The molecule has 7 heteroatoms. The molecule has 1 amide bonds. The first-order valence-corrected chi connectivity index (χ1v) is 6.76. The minimum atomic E-state index is -4.45. The number of piperidine rings is 1. The van der Waals surface area contributed by atoms with Gasteiger partial charge in [0.05, 0.1) is 5.56 Å². The van der Waals surface area contributed by atoms with Gasteiger partial charge in [-0.25, -0.2) is 0 Å². The third kappa shape index (κ3) is 3.80. The third-order valence-electron chi connectivity index (χ3n) is 3.61. The largest absolute Gasteiger partial charge is 0.418 e. The number of hydrogen-bond acceptors (Lipinski definition) is 3. The first-order valence-electron chi connectivity index (χ1n) is 6.76. The molecule has 0 saturated carbocycles. The summed E-state index contributed by atoms with van der Waals surface area (Å²) < 4.78 is 38.6. The Morgan fingerprint density at radius 1 is 1.33 bits per heavy atom. The van der Waals surface area contributed by atoms with Crippen molar-refractivity contribution in [3.05, 3.63) is 23.8 Å². The number of amides is 1. The van der Waals surface area contributed by atoms with E-state index in [0.29, 0.717) is 31.6 Å². The van der Waals surface area contributed by atoms with Crippen molar-refractivity contribution in [2.45, 2.75) is 32.0 Å². The van der Waals surface area contributed by atoms with Gasteiger partial charge >= 0.3 is 6.18 Å². The van der Waals surface area contributed by atoms with Crippen LogP contribution in [0.3, 0.4) is 0 Å². The number of nitrogens with zero attached hydrogens (tertiary/aromatic N) is 1. The first kappa shape index (κ1) is 15.5. The SMILES string of the molecule is CC(=O)NC1CCN(c2ccc(N)c(C(F)(F)F)c2)CC1. The minimum Gasteiger partial charge on any atom is -0.398 e. The second-order valence-corrected chi connectivity index (χ2v) is 5.23. The quantitative estimate of drug-likeness (QED) is 0.825. The average molecular weight is 301 g/mol. The van der Waals surface area contributed by atoms with E-state index in [-0.39, 0.29) is 17.6 Å². The molecule has 1 aromatic rings. The topological polar surface area (TPSA) is 58.4 Å². The Morgan fingerprint density at radius 3 is 2.48 bits per heavy atom. The predicted octanol–water partition coefficient (Wildman–Crippen LogP) is 2.39. The van der Waals surface area contributed by atoms with Crippen LogP contribution in [-0.4, -0.2) is 25.0 Å². The fourth-order valence-corrected chi connectivity index (χ4v) is 2.56. The summed E-state index contributed by atoms with van der Waals surface area (Å²) in [6, 6.07) is 4.07. The number of alkyl halides is 3. The van der Waals surface area contributed by atoms with E-state index in [4.69, 9.17) is 5.73 Å². The lowest BCUT2D eigenvalue weighted by Crippen LogP contribution is -2.44. The van der Waals surface area contributed by atoms with Gasteiger partial charge in [-0.2, -0.15) is 13.2 Å². The number of nitrogens with one attached hydrogen (secondary N) is 1. The summed E-state index contributed by atoms with van der Waals surface area (Å²) in [5, 5.41) is 2.83. The zero-order chi connectivity index (χ0) is 15.6. The molecule has 3 N–H and O–H groups in total. The van der Waals surface area contributed by atoms with Crippen molar-refractivity contribution in [3.63, 3.8) is 0 Å². The highest BCUT2D eigenvalue weighted by atomic mass is 19.4. The molecule has 1 heterocycles. The highest BCUT2D eigenvalue weighted by molar-refractivity contribution is 5.73. The predicted molar refractivity (Wildman–Crippen MR) is 74.9 cm³/mol. The van der Waals surface area contributed by atoms with Crippen LogP contribution >= 0.6 is 0 Å². The molecule has 0 aliphatic carbocycles. The number of carbonyl (C=O) groups is 1. The summed E-state index contributed by atoms with van der Waals surface area (Å²) in [6.07, 6.45) is -3.02. The Kier molecular flexibility index (Phi) is 4.29. The number of carbonyl (C=O) groups excluding carboxylic acids is 1. The van der Waals surface area contributed by atoms with E-state index >= 15 is 0 Å². The summed E-state index contributed by atoms with van der Waals surface area (Å²) in [7, 11) is 0. The van der Waals surface area contributed by atoms with Crippen molar-refractivity contribution in [2.24, 2.45) is 0 Å². The third-order valence-corrected chi connectivity index (χ3v) is 3.61. The smallest absolute Gasteiger partial charge is 0.398 e. The van der Waals surface area contributed by atoms with E-state index in [1.807, 2.05) is 4.90 Å². The van der Waals surface area contributed by atoms with Gasteiger partial charge in [0, 0.05) is 37.4 Å². The normalized spacial score (nSPS) is 16.9. The molecule has 116 valence electrons. The fraction of sp³-hybridized carbons (Fsp3) is 0.500. The van der Waals surface area contributed by atoms with Crippen LogP contribution in [0.25, 0.3) is 0 Å². The van der Waals surface area contributed by atoms with Crippen LogP contribution in [-0.2, 0) is 11.0 Å². The molecule has 0 unspecified atom stereocenters. The molecule has 1 aliphatic rings. The Hall–Kier alpha value is -1.92. The fourth-order valence-electron chi connectivity index (χ4n) is 2.56. The van der Waals surface area contributed by atoms with Gasteiger partial charge < -0.3 is 16.0 Å². The Morgan fingerprint density at radius 2 is 1.95 bits per heavy atom. The van der Waals surface area contributed by atoms with Crippen LogP contribution in [0.4, 0.5) is 24.5 Å². The number of nitrogens with two attached hydrogens (primary N) is 1. The van der Waals surface area contributed by atoms with Crippen LogP contribution in [0.5, 0.6) is 0 Å². The van der Waals surface area contributed by atoms with Gasteiger partial charge in [-0.1, -0.05) is 0 Å². The van der Waals surface area contributed by atoms with Crippen LogP contribution in [0.1, 0.15) is 25.3 Å². The summed E-state index contributed by atoms with van der Waals surface area (Å²) in [5.41, 5.74) is 4.84. The lowest BCUT2D eigenvalue weighted by Gasteiger charge is -2.34. The van der Waals surface area contributed by atoms with Crippen molar-refractivity contribution < 1.29 is 18.0 Å². The Bertz CT molecular complexity index is 523. The number of anilines is 2. The van der Waals surface area contributed by atoms with Crippen molar-refractivity contribution >= 4 is 17.3 Å². The lowest BCUT2D eigenvalue weighted by molar-refractivity contribution is -0.136. The number of benzene rings is 1. The molecule has 0 atom stereocenters. The van der Waals surface area contributed by atoms with E-state index in [2.05, 4.69) is 5.32 Å². The highest BCUT2D eigenvalue weighted by Crippen LogP contribution is 2.36. The maximum atomic E-state index is 12.9. The number of halogens is 3. The molecule has 0 bridgehead atoms. The monoisotopic (exact) mass is 301 g/mol. The van der Waals surface area contributed by atoms with Crippen molar-refractivity contribution in [2.75, 3.05) is 23.7 Å². The molecule has 0 aromatic heterocycles. The zero-order valence-corrected chi connectivity index (χ0v) is 11.7. The van der Waals surface area contributed by atoms with Gasteiger partial charge in [-0.15, -0.1) is 0 Å². The number of nitrogen functional groups attached to an aromatic ring is 1. The maximum absolute atomic E-state index is 12.9. The molecule has 4 nitrogen and oxygen atoms in total. The van der Waals surface area contributed by atoms with E-state index in [1.54, 1.807) is 6.07 Å². The van der Waals surface area contributed by atoms with Crippen molar-refractivity contribution in [1.82, 2.24) is 5.32 Å². The number of rotatable bonds is 2.